The van der Waals surface area contributed by atoms with Gasteiger partial charge in [-0.2, -0.15) is 0 Å². The van der Waals surface area contributed by atoms with Gasteiger partial charge in [-0.15, -0.1) is 0 Å². The second-order valence-corrected chi connectivity index (χ2v) is 10.5. The van der Waals surface area contributed by atoms with E-state index in [0.29, 0.717) is 0 Å². The fourth-order valence-electron chi connectivity index (χ4n) is 5.80. The Labute approximate surface area is 224 Å². The van der Waals surface area contributed by atoms with E-state index in [1.165, 1.54) is 66.1 Å². The van der Waals surface area contributed by atoms with Gasteiger partial charge in [0.15, 0.2) is 0 Å². The Balaban J connectivity index is 1.46. The van der Waals surface area contributed by atoms with Crippen LogP contribution in [0.25, 0.3) is 60.4 Å². The predicted octanol–water partition coefficient (Wildman–Crippen LogP) is 10.3. The lowest BCUT2D eigenvalue weighted by Crippen LogP contribution is -1.96. The summed E-state index contributed by atoms with van der Waals surface area (Å²) in [5.74, 6) is 0. The van der Waals surface area contributed by atoms with Crippen molar-refractivity contribution in [2.75, 3.05) is 0 Å². The van der Waals surface area contributed by atoms with Crippen molar-refractivity contribution in [3.8, 4) is 27.9 Å². The lowest BCUT2D eigenvalue weighted by Gasteiger charge is -2.18. The third kappa shape index (κ3) is 3.60. The molecule has 0 amide bonds. The number of halogens is 1. The van der Waals surface area contributed by atoms with Gasteiger partial charge in [0.05, 0.1) is 5.52 Å². The van der Waals surface area contributed by atoms with E-state index >= 15 is 0 Å². The smallest absolute Gasteiger partial charge is 0.0532 e. The first-order valence-electron chi connectivity index (χ1n) is 12.6. The third-order valence-corrected chi connectivity index (χ3v) is 7.85. The van der Waals surface area contributed by atoms with Crippen molar-refractivity contribution in [3.05, 3.63) is 138 Å². The van der Waals surface area contributed by atoms with Crippen molar-refractivity contribution in [1.29, 1.82) is 0 Å². The van der Waals surface area contributed by atoms with Crippen LogP contribution in [0.15, 0.2) is 132 Å². The normalized spacial score (nSPS) is 11.5. The van der Waals surface area contributed by atoms with Crippen LogP contribution in [-0.4, -0.2) is 4.57 Å². The van der Waals surface area contributed by atoms with Crippen LogP contribution in [-0.2, 0) is 0 Å². The van der Waals surface area contributed by atoms with Crippen molar-refractivity contribution >= 4 is 48.4 Å². The zero-order valence-corrected chi connectivity index (χ0v) is 22.0. The van der Waals surface area contributed by atoms with Gasteiger partial charge in [-0.1, -0.05) is 107 Å². The highest BCUT2D eigenvalue weighted by molar-refractivity contribution is 9.10. The molecule has 0 fully saturated rings. The average molecular weight is 538 g/mol. The van der Waals surface area contributed by atoms with Gasteiger partial charge in [0.1, 0.15) is 0 Å². The molecule has 0 aliphatic carbocycles. The van der Waals surface area contributed by atoms with Gasteiger partial charge in [0.25, 0.3) is 0 Å². The first kappa shape index (κ1) is 22.1. The fourth-order valence-corrected chi connectivity index (χ4v) is 6.18. The van der Waals surface area contributed by atoms with Gasteiger partial charge in [-0.25, -0.2) is 0 Å². The highest BCUT2D eigenvalue weighted by Crippen LogP contribution is 2.43. The number of aromatic nitrogens is 1. The summed E-state index contributed by atoms with van der Waals surface area (Å²) in [7, 11) is 0. The van der Waals surface area contributed by atoms with Crippen LogP contribution in [0.5, 0.6) is 0 Å². The molecule has 0 aliphatic heterocycles. The Morgan fingerprint density at radius 1 is 0.514 bits per heavy atom. The number of aryl methyl sites for hydroxylation is 1. The second kappa shape index (κ2) is 8.76. The molecule has 0 saturated heterocycles. The maximum atomic E-state index is 3.61. The molecule has 176 valence electrons. The fraction of sp³-hybridized carbons (Fsp3) is 0.0286. The topological polar surface area (TPSA) is 4.93 Å². The van der Waals surface area contributed by atoms with Gasteiger partial charge >= 0.3 is 0 Å². The molecule has 0 N–H and O–H groups in total. The summed E-state index contributed by atoms with van der Waals surface area (Å²) < 4.78 is 3.44. The standard InChI is InChI=1S/C35H24BrN/c1-23-21-26-22-27(36)17-20-33(26)37(23)28-18-15-25(16-19-28)35-31-13-7-5-11-29(31)34(24-9-3-2-4-10-24)30-12-6-8-14-32(30)35/h2-22H,1H3. The van der Waals surface area contributed by atoms with Crippen LogP contribution in [0.3, 0.4) is 0 Å². The molecule has 0 saturated carbocycles. The summed E-state index contributed by atoms with van der Waals surface area (Å²) in [6.45, 7) is 2.17. The first-order valence-corrected chi connectivity index (χ1v) is 13.4. The van der Waals surface area contributed by atoms with Crippen molar-refractivity contribution < 1.29 is 0 Å². The van der Waals surface area contributed by atoms with E-state index in [1.54, 1.807) is 0 Å². The molecule has 7 aromatic rings. The second-order valence-electron chi connectivity index (χ2n) is 9.58. The van der Waals surface area contributed by atoms with Gasteiger partial charge in [0, 0.05) is 21.2 Å². The number of benzene rings is 6. The molecule has 0 bridgehead atoms. The van der Waals surface area contributed by atoms with Crippen molar-refractivity contribution in [3.63, 3.8) is 0 Å². The quantitative estimate of drug-likeness (QED) is 0.197. The molecular formula is C35H24BrN. The zero-order chi connectivity index (χ0) is 24.9. The van der Waals surface area contributed by atoms with E-state index in [1.807, 2.05) is 0 Å². The zero-order valence-electron chi connectivity index (χ0n) is 20.4. The van der Waals surface area contributed by atoms with Crippen LogP contribution in [0.4, 0.5) is 0 Å². The molecule has 0 aliphatic rings. The Morgan fingerprint density at radius 2 is 1.03 bits per heavy atom. The highest BCUT2D eigenvalue weighted by Gasteiger charge is 2.16. The molecule has 1 heterocycles. The minimum Gasteiger partial charge on any atom is -0.314 e. The van der Waals surface area contributed by atoms with Crippen LogP contribution in [0.2, 0.25) is 0 Å². The van der Waals surface area contributed by atoms with E-state index in [9.17, 15) is 0 Å². The summed E-state index contributed by atoms with van der Waals surface area (Å²) in [5, 5.41) is 6.36. The Kier molecular flexibility index (Phi) is 5.23. The molecule has 6 aromatic carbocycles. The van der Waals surface area contributed by atoms with Crippen molar-refractivity contribution in [2.24, 2.45) is 0 Å². The molecule has 7 rings (SSSR count). The van der Waals surface area contributed by atoms with Gasteiger partial charge in [0.2, 0.25) is 0 Å². The molecule has 0 spiro atoms. The number of fused-ring (bicyclic) bond motifs is 3. The molecule has 0 unspecified atom stereocenters. The lowest BCUT2D eigenvalue weighted by molar-refractivity contribution is 1.05. The average Bonchev–Trinajstić information content (AvgIpc) is 3.26. The largest absolute Gasteiger partial charge is 0.314 e. The number of hydrogen-bond donors (Lipinski definition) is 0. The van der Waals surface area contributed by atoms with Crippen LogP contribution < -0.4 is 0 Å². The molecule has 0 atom stereocenters. The van der Waals surface area contributed by atoms with Crippen LogP contribution in [0, 0.1) is 6.92 Å². The highest BCUT2D eigenvalue weighted by atomic mass is 79.9. The van der Waals surface area contributed by atoms with E-state index in [-0.39, 0.29) is 0 Å². The molecule has 2 heteroatoms. The Hall–Kier alpha value is -4.14. The van der Waals surface area contributed by atoms with E-state index < -0.39 is 0 Å². The van der Waals surface area contributed by atoms with Crippen molar-refractivity contribution in [1.82, 2.24) is 4.57 Å². The molecule has 1 nitrogen and oxygen atoms in total. The summed E-state index contributed by atoms with van der Waals surface area (Å²) in [6.07, 6.45) is 0. The minimum absolute atomic E-state index is 1.10. The monoisotopic (exact) mass is 537 g/mol. The third-order valence-electron chi connectivity index (χ3n) is 7.36. The molecule has 0 radical (unpaired) electrons. The first-order chi connectivity index (χ1) is 18.2. The molecule has 37 heavy (non-hydrogen) atoms. The van der Waals surface area contributed by atoms with Crippen molar-refractivity contribution in [2.45, 2.75) is 6.92 Å². The van der Waals surface area contributed by atoms with Crippen LogP contribution >= 0.6 is 15.9 Å². The van der Waals surface area contributed by atoms with E-state index in [4.69, 9.17) is 0 Å². The summed E-state index contributed by atoms with van der Waals surface area (Å²) in [4.78, 5) is 0. The van der Waals surface area contributed by atoms with Gasteiger partial charge in [-0.3, -0.25) is 0 Å². The minimum atomic E-state index is 1.10. The maximum Gasteiger partial charge on any atom is 0.0532 e. The van der Waals surface area contributed by atoms with Gasteiger partial charge in [-0.05, 0) is 87.1 Å². The molecular weight excluding hydrogens is 514 g/mol. The SMILES string of the molecule is Cc1cc2cc(Br)ccc2n1-c1ccc(-c2c3ccccc3c(-c3ccccc3)c3ccccc23)cc1. The molecule has 1 aromatic heterocycles. The Morgan fingerprint density at radius 3 is 1.59 bits per heavy atom. The van der Waals surface area contributed by atoms with E-state index in [2.05, 4.69) is 155 Å². The van der Waals surface area contributed by atoms with Crippen LogP contribution in [0.1, 0.15) is 5.69 Å². The Bertz CT molecular complexity index is 1870. The van der Waals surface area contributed by atoms with E-state index in [0.717, 1.165) is 4.47 Å². The predicted molar refractivity (Wildman–Crippen MR) is 162 cm³/mol. The number of hydrogen-bond acceptors (Lipinski definition) is 0. The summed E-state index contributed by atoms with van der Waals surface area (Å²) in [5.41, 5.74) is 8.68. The van der Waals surface area contributed by atoms with Gasteiger partial charge < -0.3 is 4.57 Å². The maximum absolute atomic E-state index is 3.61. The lowest BCUT2D eigenvalue weighted by atomic mass is 9.86. The number of nitrogens with zero attached hydrogens (tertiary/aromatic N) is 1. The summed E-state index contributed by atoms with van der Waals surface area (Å²) >= 11 is 3.61. The summed E-state index contributed by atoms with van der Waals surface area (Å²) in [6, 6.07) is 46.2. The number of rotatable bonds is 3.